The summed E-state index contributed by atoms with van der Waals surface area (Å²) in [6, 6.07) is 25.7. The van der Waals surface area contributed by atoms with Crippen LogP contribution in [0, 0.1) is 0 Å². The second kappa shape index (κ2) is 7.67. The lowest BCUT2D eigenvalue weighted by atomic mass is 9.92. The average Bonchev–Trinajstić information content (AvgIpc) is 3.19. The SMILES string of the molecule is [2H]C(C)(C)c1ccnc(-c2ccc(C([2H])(C)C)c3c2sc2cc4c(ccc5ccccc54)cc23)c1. The van der Waals surface area contributed by atoms with E-state index in [1.807, 2.05) is 46.0 Å². The predicted molar refractivity (Wildman–Crippen MR) is 146 cm³/mol. The highest BCUT2D eigenvalue weighted by Gasteiger charge is 2.18. The van der Waals surface area contributed by atoms with Gasteiger partial charge in [0.25, 0.3) is 0 Å². The Labute approximate surface area is 201 Å². The highest BCUT2D eigenvalue weighted by molar-refractivity contribution is 7.26. The molecule has 2 heterocycles. The van der Waals surface area contributed by atoms with Crippen molar-refractivity contribution < 1.29 is 2.74 Å². The van der Waals surface area contributed by atoms with Gasteiger partial charge < -0.3 is 0 Å². The largest absolute Gasteiger partial charge is 0.256 e. The third-order valence-corrected chi connectivity index (χ3v) is 7.82. The van der Waals surface area contributed by atoms with Crippen LogP contribution in [0.1, 0.15) is 53.4 Å². The molecular formula is C31H27NS. The Morgan fingerprint density at radius 3 is 2.39 bits per heavy atom. The van der Waals surface area contributed by atoms with Crippen LogP contribution in [-0.4, -0.2) is 4.98 Å². The zero-order valence-electron chi connectivity index (χ0n) is 21.4. The number of thiophene rings is 1. The molecular weight excluding hydrogens is 418 g/mol. The summed E-state index contributed by atoms with van der Waals surface area (Å²) in [5.41, 5.74) is 3.91. The molecule has 0 fully saturated rings. The van der Waals surface area contributed by atoms with E-state index < -0.39 is 11.8 Å². The number of rotatable bonds is 3. The van der Waals surface area contributed by atoms with E-state index in [-0.39, 0.29) is 0 Å². The Morgan fingerprint density at radius 2 is 1.58 bits per heavy atom. The predicted octanol–water partition coefficient (Wildman–Crippen LogP) is 9.67. The zero-order valence-corrected chi connectivity index (χ0v) is 20.2. The van der Waals surface area contributed by atoms with E-state index in [1.54, 1.807) is 11.3 Å². The summed E-state index contributed by atoms with van der Waals surface area (Å²) < 4.78 is 19.8. The van der Waals surface area contributed by atoms with Crippen LogP contribution >= 0.6 is 11.3 Å². The van der Waals surface area contributed by atoms with Crippen molar-refractivity contribution in [2.45, 2.75) is 39.5 Å². The van der Waals surface area contributed by atoms with Crippen molar-refractivity contribution in [3.05, 3.63) is 90.1 Å². The van der Waals surface area contributed by atoms with Crippen molar-refractivity contribution in [1.29, 1.82) is 0 Å². The first kappa shape index (κ1) is 18.2. The molecule has 0 saturated carbocycles. The maximum absolute atomic E-state index is 8.90. The van der Waals surface area contributed by atoms with E-state index in [9.17, 15) is 0 Å². The number of hydrogen-bond donors (Lipinski definition) is 0. The lowest BCUT2D eigenvalue weighted by Crippen LogP contribution is -1.93. The molecule has 2 heteroatoms. The third-order valence-electron chi connectivity index (χ3n) is 6.64. The molecule has 2 aromatic heterocycles. The van der Waals surface area contributed by atoms with Gasteiger partial charge in [0.05, 0.1) is 5.69 Å². The molecule has 0 N–H and O–H groups in total. The van der Waals surface area contributed by atoms with Crippen LogP contribution in [0.15, 0.2) is 79.0 Å². The van der Waals surface area contributed by atoms with E-state index in [1.165, 1.54) is 31.6 Å². The van der Waals surface area contributed by atoms with E-state index in [0.29, 0.717) is 0 Å². The number of benzene rings is 4. The van der Waals surface area contributed by atoms with Crippen molar-refractivity contribution in [2.24, 2.45) is 0 Å². The topological polar surface area (TPSA) is 12.9 Å². The Hall–Kier alpha value is -3.23. The van der Waals surface area contributed by atoms with Crippen molar-refractivity contribution in [3.63, 3.8) is 0 Å². The number of nitrogens with zero attached hydrogens (tertiary/aromatic N) is 1. The molecule has 0 bridgehead atoms. The lowest BCUT2D eigenvalue weighted by Gasteiger charge is -2.12. The van der Waals surface area contributed by atoms with E-state index >= 15 is 0 Å². The van der Waals surface area contributed by atoms with Crippen LogP contribution in [0.2, 0.25) is 0 Å². The first-order valence-corrected chi connectivity index (χ1v) is 12.2. The van der Waals surface area contributed by atoms with Crippen LogP contribution in [0.5, 0.6) is 0 Å². The van der Waals surface area contributed by atoms with Crippen LogP contribution in [-0.2, 0) is 0 Å². The van der Waals surface area contributed by atoms with Crippen molar-refractivity contribution in [3.8, 4) is 11.3 Å². The monoisotopic (exact) mass is 447 g/mol. The maximum atomic E-state index is 8.90. The molecule has 0 atom stereocenters. The summed E-state index contributed by atoms with van der Waals surface area (Å²) in [5, 5.41) is 7.32. The van der Waals surface area contributed by atoms with Gasteiger partial charge in [0, 0.05) is 34.7 Å². The zero-order chi connectivity index (χ0) is 24.5. The van der Waals surface area contributed by atoms with E-state index in [2.05, 4.69) is 60.7 Å². The Morgan fingerprint density at radius 1 is 0.758 bits per heavy atom. The summed E-state index contributed by atoms with van der Waals surface area (Å²) >= 11 is 1.78. The summed E-state index contributed by atoms with van der Waals surface area (Å²) in [4.78, 5) is 4.71. The lowest BCUT2D eigenvalue weighted by molar-refractivity contribution is 0.864. The quantitative estimate of drug-likeness (QED) is 0.246. The van der Waals surface area contributed by atoms with Crippen molar-refractivity contribution in [1.82, 2.24) is 4.98 Å². The molecule has 0 aliphatic rings. The molecule has 0 unspecified atom stereocenters. The minimum absolute atomic E-state index is 0.696. The molecule has 0 aliphatic heterocycles. The second-order valence-electron chi connectivity index (χ2n) is 9.25. The van der Waals surface area contributed by atoms with E-state index in [4.69, 9.17) is 7.73 Å². The number of hydrogen-bond acceptors (Lipinski definition) is 2. The molecule has 162 valence electrons. The Kier molecular flexibility index (Phi) is 4.24. The molecule has 6 rings (SSSR count). The van der Waals surface area contributed by atoms with Gasteiger partial charge in [-0.2, -0.15) is 0 Å². The summed E-state index contributed by atoms with van der Waals surface area (Å²) in [5.74, 6) is -1.43. The van der Waals surface area contributed by atoms with Gasteiger partial charge in [-0.1, -0.05) is 76.2 Å². The minimum Gasteiger partial charge on any atom is -0.256 e. The average molecular weight is 448 g/mol. The van der Waals surface area contributed by atoms with Gasteiger partial charge in [-0.05, 0) is 68.7 Å². The Balaban J connectivity index is 1.72. The highest BCUT2D eigenvalue weighted by atomic mass is 32.1. The van der Waals surface area contributed by atoms with Gasteiger partial charge in [-0.25, -0.2) is 0 Å². The van der Waals surface area contributed by atoms with E-state index in [0.717, 1.165) is 32.5 Å². The highest BCUT2D eigenvalue weighted by Crippen LogP contribution is 2.45. The van der Waals surface area contributed by atoms with Gasteiger partial charge in [-0.15, -0.1) is 11.3 Å². The molecule has 4 aromatic carbocycles. The molecule has 0 saturated heterocycles. The van der Waals surface area contributed by atoms with Gasteiger partial charge in [0.15, 0.2) is 0 Å². The van der Waals surface area contributed by atoms with Crippen molar-refractivity contribution in [2.75, 3.05) is 0 Å². The summed E-state index contributed by atoms with van der Waals surface area (Å²) in [6.07, 6.45) is 1.81. The van der Waals surface area contributed by atoms with Gasteiger partial charge >= 0.3 is 0 Å². The third kappa shape index (κ3) is 3.24. The molecule has 6 aromatic rings. The normalized spacial score (nSPS) is 13.7. The van der Waals surface area contributed by atoms with Crippen molar-refractivity contribution >= 4 is 53.1 Å². The Bertz CT molecular complexity index is 1770. The second-order valence-corrected chi connectivity index (χ2v) is 10.3. The van der Waals surface area contributed by atoms with Crippen LogP contribution in [0.25, 0.3) is 53.0 Å². The van der Waals surface area contributed by atoms with Gasteiger partial charge in [0.1, 0.15) is 0 Å². The molecule has 0 aliphatic carbocycles. The number of aromatic nitrogens is 1. The molecule has 33 heavy (non-hydrogen) atoms. The van der Waals surface area contributed by atoms with Crippen LogP contribution in [0.3, 0.4) is 0 Å². The first-order valence-electron chi connectivity index (χ1n) is 12.4. The molecule has 0 spiro atoms. The fourth-order valence-electron chi connectivity index (χ4n) is 4.89. The standard InChI is InChI=1S/C31H27NS/c1-18(2)21-13-14-32-28(16-21)25-12-11-23(19(3)4)30-27-15-22-10-9-20-7-5-6-8-24(20)26(22)17-29(27)33-31(25)30/h5-19H,1-4H3/i18D,19D. The summed E-state index contributed by atoms with van der Waals surface area (Å²) in [7, 11) is 0. The smallest absolute Gasteiger partial charge is 0.0719 e. The minimum atomic E-state index is -0.735. The fraction of sp³-hybridized carbons (Fsp3) is 0.194. The fourth-order valence-corrected chi connectivity index (χ4v) is 6.16. The maximum Gasteiger partial charge on any atom is 0.0719 e. The molecule has 0 radical (unpaired) electrons. The number of fused-ring (bicyclic) bond motifs is 6. The van der Waals surface area contributed by atoms with Crippen LogP contribution in [0.4, 0.5) is 0 Å². The molecule has 0 amide bonds. The van der Waals surface area contributed by atoms with Gasteiger partial charge in [-0.3, -0.25) is 4.98 Å². The first-order chi connectivity index (χ1) is 16.6. The summed E-state index contributed by atoms with van der Waals surface area (Å²) in [6.45, 7) is 7.73. The molecule has 1 nitrogen and oxygen atoms in total. The van der Waals surface area contributed by atoms with Crippen LogP contribution < -0.4 is 0 Å². The van der Waals surface area contributed by atoms with Gasteiger partial charge in [0.2, 0.25) is 0 Å². The number of pyridine rings is 1.